The highest BCUT2D eigenvalue weighted by atomic mass is 16.5. The number of nitrogens with zero attached hydrogens (tertiary/aromatic N) is 1. The van der Waals surface area contributed by atoms with Crippen molar-refractivity contribution in [1.82, 2.24) is 10.2 Å². The minimum absolute atomic E-state index is 0.00150. The molecule has 0 saturated carbocycles. The molecule has 0 saturated heterocycles. The monoisotopic (exact) mass is 347 g/mol. The molecule has 0 bridgehead atoms. The molecule has 4 rings (SSSR count). The number of urea groups is 1. The Labute approximate surface area is 152 Å². The zero-order valence-electron chi connectivity index (χ0n) is 14.4. The molecule has 0 fully saturated rings. The Morgan fingerprint density at radius 1 is 1.19 bits per heavy atom. The average Bonchev–Trinajstić information content (AvgIpc) is 3.04. The Kier molecular flexibility index (Phi) is 4.35. The van der Waals surface area contributed by atoms with Crippen molar-refractivity contribution in [2.24, 2.45) is 5.73 Å². The SMILES string of the molecule is NC(=O)N1C=CNC=C1CC1Cc2cc(Cc3ccccc3)ccc2O1. The fourth-order valence-electron chi connectivity index (χ4n) is 3.46. The first-order chi connectivity index (χ1) is 12.7. The van der Waals surface area contributed by atoms with Crippen molar-refractivity contribution in [3.8, 4) is 5.75 Å². The van der Waals surface area contributed by atoms with Gasteiger partial charge in [0.15, 0.2) is 0 Å². The van der Waals surface area contributed by atoms with Gasteiger partial charge in [0.2, 0.25) is 0 Å². The Hall–Kier alpha value is -3.21. The minimum Gasteiger partial charge on any atom is -0.489 e. The summed E-state index contributed by atoms with van der Waals surface area (Å²) in [6, 6.07) is 16.3. The van der Waals surface area contributed by atoms with Gasteiger partial charge in [-0.15, -0.1) is 0 Å². The molecule has 0 aromatic heterocycles. The van der Waals surface area contributed by atoms with Crippen LogP contribution in [0.1, 0.15) is 23.1 Å². The lowest BCUT2D eigenvalue weighted by molar-refractivity contribution is 0.211. The number of hydrogen-bond donors (Lipinski definition) is 2. The molecule has 26 heavy (non-hydrogen) atoms. The molecule has 0 radical (unpaired) electrons. The normalized spacial score (nSPS) is 17.9. The van der Waals surface area contributed by atoms with Gasteiger partial charge in [0, 0.05) is 37.1 Å². The summed E-state index contributed by atoms with van der Waals surface area (Å²) in [5.41, 5.74) is 10.0. The maximum atomic E-state index is 11.6. The number of nitrogens with two attached hydrogens (primary N) is 1. The van der Waals surface area contributed by atoms with Gasteiger partial charge in [-0.3, -0.25) is 4.90 Å². The van der Waals surface area contributed by atoms with Gasteiger partial charge in [-0.1, -0.05) is 42.5 Å². The van der Waals surface area contributed by atoms with E-state index in [2.05, 4.69) is 41.7 Å². The maximum absolute atomic E-state index is 11.6. The van der Waals surface area contributed by atoms with E-state index >= 15 is 0 Å². The van der Waals surface area contributed by atoms with Crippen molar-refractivity contribution < 1.29 is 9.53 Å². The number of carbonyl (C=O) groups excluding carboxylic acids is 1. The highest BCUT2D eigenvalue weighted by Crippen LogP contribution is 2.33. The smallest absolute Gasteiger partial charge is 0.323 e. The second-order valence-electron chi connectivity index (χ2n) is 6.58. The summed E-state index contributed by atoms with van der Waals surface area (Å²) in [6.45, 7) is 0. The van der Waals surface area contributed by atoms with Gasteiger partial charge in [-0.25, -0.2) is 4.79 Å². The molecule has 2 aliphatic rings. The Bertz CT molecular complexity index is 874. The zero-order valence-corrected chi connectivity index (χ0v) is 14.4. The predicted molar refractivity (Wildman–Crippen MR) is 100 cm³/mol. The van der Waals surface area contributed by atoms with E-state index in [9.17, 15) is 4.79 Å². The average molecular weight is 347 g/mol. The predicted octanol–water partition coefficient (Wildman–Crippen LogP) is 3.27. The molecule has 1 unspecified atom stereocenters. The number of amides is 2. The van der Waals surface area contributed by atoms with Crippen LogP contribution in [0.25, 0.3) is 0 Å². The molecule has 0 spiro atoms. The molecule has 3 N–H and O–H groups in total. The van der Waals surface area contributed by atoms with Crippen LogP contribution in [0, 0.1) is 0 Å². The third kappa shape index (κ3) is 3.42. The molecule has 2 heterocycles. The Morgan fingerprint density at radius 3 is 2.85 bits per heavy atom. The molecule has 2 aliphatic heterocycles. The van der Waals surface area contributed by atoms with E-state index in [0.29, 0.717) is 6.42 Å². The van der Waals surface area contributed by atoms with Crippen molar-refractivity contribution in [2.75, 3.05) is 0 Å². The second-order valence-corrected chi connectivity index (χ2v) is 6.58. The number of fused-ring (bicyclic) bond motifs is 1. The van der Waals surface area contributed by atoms with Crippen molar-refractivity contribution in [2.45, 2.75) is 25.4 Å². The highest BCUT2D eigenvalue weighted by Gasteiger charge is 2.27. The Balaban J connectivity index is 1.44. The molecule has 2 amide bonds. The molecule has 132 valence electrons. The molecule has 2 aromatic rings. The minimum atomic E-state index is -0.491. The second kappa shape index (κ2) is 6.96. The fourth-order valence-corrected chi connectivity index (χ4v) is 3.46. The van der Waals surface area contributed by atoms with Crippen LogP contribution in [0.5, 0.6) is 5.75 Å². The van der Waals surface area contributed by atoms with Gasteiger partial charge in [-0.05, 0) is 29.2 Å². The molecule has 0 aliphatic carbocycles. The summed E-state index contributed by atoms with van der Waals surface area (Å²) < 4.78 is 6.07. The van der Waals surface area contributed by atoms with Crippen LogP contribution < -0.4 is 15.8 Å². The molecule has 1 atom stereocenters. The van der Waals surface area contributed by atoms with Gasteiger partial charge in [-0.2, -0.15) is 0 Å². The first kappa shape index (κ1) is 16.3. The standard InChI is InChI=1S/C21H21N3O2/c22-21(25)24-9-8-23-14-18(24)13-19-12-17-11-16(6-7-20(17)26-19)10-15-4-2-1-3-5-15/h1-9,11,14,19,23H,10,12-13H2,(H2,22,25). The lowest BCUT2D eigenvalue weighted by Crippen LogP contribution is -2.35. The summed E-state index contributed by atoms with van der Waals surface area (Å²) in [6.07, 6.45) is 7.45. The first-order valence-electron chi connectivity index (χ1n) is 8.72. The number of hydrogen-bond acceptors (Lipinski definition) is 3. The van der Waals surface area contributed by atoms with E-state index in [4.69, 9.17) is 10.5 Å². The maximum Gasteiger partial charge on any atom is 0.323 e. The molecular formula is C21H21N3O2. The lowest BCUT2D eigenvalue weighted by atomic mass is 10.00. The number of ether oxygens (including phenoxy) is 1. The number of rotatable bonds is 4. The summed E-state index contributed by atoms with van der Waals surface area (Å²) in [7, 11) is 0. The van der Waals surface area contributed by atoms with Crippen LogP contribution in [0.4, 0.5) is 4.79 Å². The van der Waals surface area contributed by atoms with Crippen molar-refractivity contribution in [1.29, 1.82) is 0 Å². The van der Waals surface area contributed by atoms with E-state index in [1.807, 2.05) is 12.1 Å². The van der Waals surface area contributed by atoms with E-state index in [1.165, 1.54) is 21.6 Å². The summed E-state index contributed by atoms with van der Waals surface area (Å²) in [5.74, 6) is 0.928. The van der Waals surface area contributed by atoms with E-state index in [1.54, 1.807) is 18.6 Å². The summed E-state index contributed by atoms with van der Waals surface area (Å²) in [4.78, 5) is 13.0. The largest absolute Gasteiger partial charge is 0.489 e. The quantitative estimate of drug-likeness (QED) is 0.892. The van der Waals surface area contributed by atoms with Crippen LogP contribution in [-0.2, 0) is 12.8 Å². The van der Waals surface area contributed by atoms with Crippen LogP contribution in [0.2, 0.25) is 0 Å². The molecule has 5 nitrogen and oxygen atoms in total. The summed E-state index contributed by atoms with van der Waals surface area (Å²) in [5, 5.41) is 3.00. The van der Waals surface area contributed by atoms with Crippen LogP contribution in [-0.4, -0.2) is 17.0 Å². The van der Waals surface area contributed by atoms with Crippen LogP contribution in [0.15, 0.2) is 72.8 Å². The van der Waals surface area contributed by atoms with Gasteiger partial charge in [0.25, 0.3) is 0 Å². The lowest BCUT2D eigenvalue weighted by Gasteiger charge is -2.24. The highest BCUT2D eigenvalue weighted by molar-refractivity contribution is 5.75. The number of benzene rings is 2. The molecule has 5 heteroatoms. The van der Waals surface area contributed by atoms with E-state index in [-0.39, 0.29) is 6.10 Å². The topological polar surface area (TPSA) is 67.6 Å². The van der Waals surface area contributed by atoms with Crippen LogP contribution >= 0.6 is 0 Å². The first-order valence-corrected chi connectivity index (χ1v) is 8.72. The van der Waals surface area contributed by atoms with Gasteiger partial charge in [0.1, 0.15) is 11.9 Å². The number of nitrogens with one attached hydrogen (secondary N) is 1. The summed E-state index contributed by atoms with van der Waals surface area (Å²) >= 11 is 0. The van der Waals surface area contributed by atoms with Crippen molar-refractivity contribution in [3.63, 3.8) is 0 Å². The third-order valence-corrected chi connectivity index (χ3v) is 4.67. The van der Waals surface area contributed by atoms with E-state index in [0.717, 1.165) is 24.3 Å². The Morgan fingerprint density at radius 2 is 2.04 bits per heavy atom. The van der Waals surface area contributed by atoms with Crippen molar-refractivity contribution >= 4 is 6.03 Å². The van der Waals surface area contributed by atoms with Gasteiger partial charge < -0.3 is 15.8 Å². The van der Waals surface area contributed by atoms with Crippen LogP contribution in [0.3, 0.4) is 0 Å². The zero-order chi connectivity index (χ0) is 17.9. The van der Waals surface area contributed by atoms with Gasteiger partial charge in [0.05, 0.1) is 0 Å². The number of carbonyl (C=O) groups is 1. The fraction of sp³-hybridized carbons (Fsp3) is 0.190. The molecule has 2 aromatic carbocycles. The number of primary amides is 1. The van der Waals surface area contributed by atoms with Gasteiger partial charge >= 0.3 is 6.03 Å². The third-order valence-electron chi connectivity index (χ3n) is 4.67. The van der Waals surface area contributed by atoms with E-state index < -0.39 is 6.03 Å². The molecular weight excluding hydrogens is 326 g/mol. The van der Waals surface area contributed by atoms with Crippen molar-refractivity contribution in [3.05, 3.63) is 89.5 Å².